The zero-order valence-corrected chi connectivity index (χ0v) is 7.48. The van der Waals surface area contributed by atoms with Crippen molar-refractivity contribution < 1.29 is 23.8 Å². The van der Waals surface area contributed by atoms with E-state index in [1.807, 2.05) is 13.8 Å². The minimum atomic E-state index is -1.39. The molecule has 0 radical (unpaired) electrons. The molecule has 0 fully saturated rings. The lowest BCUT2D eigenvalue weighted by molar-refractivity contribution is -0.360. The van der Waals surface area contributed by atoms with Crippen LogP contribution in [-0.2, 0) is 9.47 Å². The van der Waals surface area contributed by atoms with Gasteiger partial charge >= 0.3 is 12.2 Å². The van der Waals surface area contributed by atoms with Crippen LogP contribution in [0.1, 0.15) is 13.8 Å². The monoisotopic (exact) mass is 189 g/mol. The van der Waals surface area contributed by atoms with Crippen LogP contribution >= 0.6 is 0 Å². The third-order valence-electron chi connectivity index (χ3n) is 0.909. The summed E-state index contributed by atoms with van der Waals surface area (Å²) in [4.78, 5) is 21.0. The van der Waals surface area contributed by atoms with Crippen LogP contribution in [0.15, 0.2) is 0 Å². The van der Waals surface area contributed by atoms with Crippen LogP contribution in [0, 0.1) is 11.1 Å². The third kappa shape index (κ3) is 5.66. The maximum absolute atomic E-state index is 10.6. The second-order valence-corrected chi connectivity index (χ2v) is 2.70. The number of carbonyl (C=O) groups is 2. The first-order valence-corrected chi connectivity index (χ1v) is 3.59. The first kappa shape index (κ1) is 11.4. The van der Waals surface area contributed by atoms with Gasteiger partial charge in [0.15, 0.2) is 6.72 Å². The fourth-order valence-electron chi connectivity index (χ4n) is 0.386. The molecule has 0 aliphatic rings. The highest BCUT2D eigenvalue weighted by Crippen LogP contribution is 1.95. The van der Waals surface area contributed by atoms with Crippen LogP contribution < -0.4 is 0 Å². The Labute approximate surface area is 75.3 Å². The van der Waals surface area contributed by atoms with Gasteiger partial charge in [0.1, 0.15) is 0 Å². The Morgan fingerprint density at radius 2 is 2.08 bits per heavy atom. The molecule has 0 unspecified atom stereocenters. The van der Waals surface area contributed by atoms with Gasteiger partial charge in [0.05, 0.1) is 6.61 Å². The lowest BCUT2D eigenvalue weighted by Crippen LogP contribution is -2.20. The summed E-state index contributed by atoms with van der Waals surface area (Å²) in [7, 11) is 0. The average Bonchev–Trinajstić information content (AvgIpc) is 2.00. The fraction of sp³-hybridized carbons (Fsp3) is 0.571. The van der Waals surface area contributed by atoms with Crippen molar-refractivity contribution in [3.63, 3.8) is 0 Å². The second-order valence-electron chi connectivity index (χ2n) is 2.70. The molecule has 1 amide bonds. The number of ether oxygens (including phenoxy) is 2. The van der Waals surface area contributed by atoms with Crippen molar-refractivity contribution in [2.45, 2.75) is 13.8 Å². The zero-order chi connectivity index (χ0) is 10.4. The number of amides is 1. The molecule has 0 aliphatic heterocycles. The molecule has 0 spiro atoms. The van der Waals surface area contributed by atoms with E-state index < -0.39 is 12.2 Å². The topological polar surface area (TPSA) is 78.7 Å². The SMILES string of the molecule is C=[N+]([O-])C(=O)OC(=O)OCC(C)C. The molecule has 74 valence electrons. The molecular formula is C7H11NO5. The smallest absolute Gasteiger partial charge is 0.614 e. The number of carbonyl (C=O) groups excluding carboxylic acids is 2. The minimum absolute atomic E-state index is 0.127. The van der Waals surface area contributed by atoms with Crippen LogP contribution in [0.25, 0.3) is 0 Å². The highest BCUT2D eigenvalue weighted by Gasteiger charge is 2.18. The van der Waals surface area contributed by atoms with Crippen molar-refractivity contribution >= 4 is 19.0 Å². The van der Waals surface area contributed by atoms with Crippen molar-refractivity contribution in [3.8, 4) is 0 Å². The lowest BCUT2D eigenvalue weighted by Gasteiger charge is -2.04. The number of hydrogen-bond donors (Lipinski definition) is 0. The van der Waals surface area contributed by atoms with E-state index in [1.54, 1.807) is 0 Å². The Morgan fingerprint density at radius 3 is 2.46 bits per heavy atom. The van der Waals surface area contributed by atoms with Gasteiger partial charge in [-0.3, -0.25) is 0 Å². The summed E-state index contributed by atoms with van der Waals surface area (Å²) < 4.78 is 8.01. The zero-order valence-electron chi connectivity index (χ0n) is 7.48. The van der Waals surface area contributed by atoms with Crippen LogP contribution in [0.5, 0.6) is 0 Å². The van der Waals surface area contributed by atoms with Gasteiger partial charge in [0, 0.05) is 0 Å². The molecule has 0 aromatic heterocycles. The highest BCUT2D eigenvalue weighted by atomic mass is 16.8. The molecule has 0 saturated carbocycles. The van der Waals surface area contributed by atoms with E-state index in [0.29, 0.717) is 0 Å². The summed E-state index contributed by atoms with van der Waals surface area (Å²) in [5, 5.41) is 10.1. The van der Waals surface area contributed by atoms with Gasteiger partial charge in [-0.2, -0.15) is 4.79 Å². The second kappa shape index (κ2) is 5.13. The van der Waals surface area contributed by atoms with E-state index in [4.69, 9.17) is 0 Å². The van der Waals surface area contributed by atoms with Gasteiger partial charge in [-0.1, -0.05) is 13.8 Å². The Hall–Kier alpha value is -1.59. The quantitative estimate of drug-likeness (QED) is 0.162. The number of hydrogen-bond acceptors (Lipinski definition) is 5. The molecule has 0 bridgehead atoms. The van der Waals surface area contributed by atoms with Gasteiger partial charge in [0.25, 0.3) is 0 Å². The Bertz CT molecular complexity index is 223. The molecule has 0 aromatic carbocycles. The van der Waals surface area contributed by atoms with E-state index >= 15 is 0 Å². The van der Waals surface area contributed by atoms with Crippen LogP contribution in [-0.4, -0.2) is 30.3 Å². The average molecular weight is 189 g/mol. The van der Waals surface area contributed by atoms with E-state index in [-0.39, 0.29) is 17.3 Å². The molecule has 0 aromatic rings. The Kier molecular flexibility index (Phi) is 4.50. The summed E-state index contributed by atoms with van der Waals surface area (Å²) in [5.74, 6) is 0.130. The summed E-state index contributed by atoms with van der Waals surface area (Å²) in [5.41, 5.74) is 0. The first-order chi connectivity index (χ1) is 5.93. The molecule has 0 atom stereocenters. The predicted octanol–water partition coefficient (Wildman–Crippen LogP) is 1.13. The van der Waals surface area contributed by atoms with Gasteiger partial charge in [0.2, 0.25) is 0 Å². The van der Waals surface area contributed by atoms with E-state index in [2.05, 4.69) is 16.2 Å². The predicted molar refractivity (Wildman–Crippen MR) is 43.4 cm³/mol. The van der Waals surface area contributed by atoms with Crippen molar-refractivity contribution in [2.24, 2.45) is 5.92 Å². The first-order valence-electron chi connectivity index (χ1n) is 3.59. The molecule has 0 N–H and O–H groups in total. The number of nitrogens with zero attached hydrogens (tertiary/aromatic N) is 1. The standard InChI is InChI=1S/C7H11NO5/c1-5(2)4-12-7(10)13-6(9)8(3)11/h5H,3-4H2,1-2H3. The van der Waals surface area contributed by atoms with Crippen molar-refractivity contribution in [1.29, 1.82) is 0 Å². The van der Waals surface area contributed by atoms with Crippen molar-refractivity contribution in [2.75, 3.05) is 6.61 Å². The molecule has 0 aliphatic carbocycles. The minimum Gasteiger partial charge on any atom is -0.614 e. The third-order valence-corrected chi connectivity index (χ3v) is 0.909. The van der Waals surface area contributed by atoms with Crippen molar-refractivity contribution in [1.82, 2.24) is 0 Å². The summed E-state index contributed by atoms with van der Waals surface area (Å²) in [6.07, 6.45) is -2.59. The molecule has 6 heteroatoms. The Morgan fingerprint density at radius 1 is 1.54 bits per heavy atom. The van der Waals surface area contributed by atoms with Gasteiger partial charge in [-0.05, 0) is 5.92 Å². The van der Waals surface area contributed by atoms with Crippen LogP contribution in [0.4, 0.5) is 9.59 Å². The molecule has 13 heavy (non-hydrogen) atoms. The normalized spacial score (nSPS) is 9.46. The molecule has 6 nitrogen and oxygen atoms in total. The summed E-state index contributed by atoms with van der Waals surface area (Å²) >= 11 is 0. The van der Waals surface area contributed by atoms with Gasteiger partial charge < -0.3 is 14.7 Å². The van der Waals surface area contributed by atoms with Crippen molar-refractivity contribution in [3.05, 3.63) is 5.21 Å². The largest absolute Gasteiger partial charge is 0.618 e. The summed E-state index contributed by atoms with van der Waals surface area (Å²) in [6, 6.07) is 0. The molecule has 0 heterocycles. The maximum Gasteiger partial charge on any atom is 0.618 e. The van der Waals surface area contributed by atoms with Gasteiger partial charge in [-0.15, -0.1) is 4.74 Å². The molecule has 0 saturated heterocycles. The molecule has 0 rings (SSSR count). The molecular weight excluding hydrogens is 178 g/mol. The fourth-order valence-corrected chi connectivity index (χ4v) is 0.386. The highest BCUT2D eigenvalue weighted by molar-refractivity contribution is 5.76. The van der Waals surface area contributed by atoms with Gasteiger partial charge in [-0.25, -0.2) is 4.79 Å². The van der Waals surface area contributed by atoms with Crippen LogP contribution in [0.2, 0.25) is 0 Å². The van der Waals surface area contributed by atoms with Crippen LogP contribution in [0.3, 0.4) is 0 Å². The lowest BCUT2D eigenvalue weighted by atomic mass is 10.2. The Balaban J connectivity index is 3.75. The maximum atomic E-state index is 10.6. The number of rotatable bonds is 2. The van der Waals surface area contributed by atoms with E-state index in [9.17, 15) is 14.8 Å². The van der Waals surface area contributed by atoms with E-state index in [1.165, 1.54) is 0 Å². The van der Waals surface area contributed by atoms with E-state index in [0.717, 1.165) is 0 Å². The number of hydroxylamine groups is 1. The summed E-state index contributed by atoms with van der Waals surface area (Å²) in [6.45, 7) is 6.44.